The highest BCUT2D eigenvalue weighted by Gasteiger charge is 1.97. The summed E-state index contributed by atoms with van der Waals surface area (Å²) >= 11 is 5.60. The fourth-order valence-electron chi connectivity index (χ4n) is 1.11. The Morgan fingerprint density at radius 2 is 2.00 bits per heavy atom. The lowest BCUT2D eigenvalue weighted by molar-refractivity contribution is 0.475. The highest BCUT2D eigenvalue weighted by atomic mass is 35.5. The van der Waals surface area contributed by atoms with Gasteiger partial charge in [0.2, 0.25) is 0 Å². The molecule has 0 saturated carbocycles. The van der Waals surface area contributed by atoms with Crippen LogP contribution in [0.15, 0.2) is 36.4 Å². The number of halogens is 1. The summed E-state index contributed by atoms with van der Waals surface area (Å²) in [5.74, 6) is 0.770. The average Bonchev–Trinajstić information content (AvgIpc) is 2.22. The number of aromatic nitrogens is 2. The number of rotatable bonds is 2. The van der Waals surface area contributed by atoms with Crippen LogP contribution in [0.2, 0.25) is 5.15 Å². The molecule has 0 aliphatic carbocycles. The second-order valence-electron chi connectivity index (χ2n) is 2.92. The van der Waals surface area contributed by atoms with E-state index in [9.17, 15) is 5.11 Å². The van der Waals surface area contributed by atoms with Gasteiger partial charge in [-0.15, -0.1) is 10.2 Å². The molecule has 0 bridgehead atoms. The number of phenols is 1. The summed E-state index contributed by atoms with van der Waals surface area (Å²) in [5, 5.41) is 20.1. The van der Waals surface area contributed by atoms with Gasteiger partial charge in [0.1, 0.15) is 5.75 Å². The van der Waals surface area contributed by atoms with Gasteiger partial charge in [-0.25, -0.2) is 0 Å². The highest BCUT2D eigenvalue weighted by Crippen LogP contribution is 2.19. The van der Waals surface area contributed by atoms with Crippen LogP contribution in [0.4, 0.5) is 11.5 Å². The zero-order valence-electron chi connectivity index (χ0n) is 7.68. The van der Waals surface area contributed by atoms with Gasteiger partial charge in [0.05, 0.1) is 0 Å². The lowest BCUT2D eigenvalue weighted by atomic mass is 10.3. The maximum atomic E-state index is 9.24. The molecule has 0 radical (unpaired) electrons. The van der Waals surface area contributed by atoms with Gasteiger partial charge in [-0.05, 0) is 24.3 Å². The van der Waals surface area contributed by atoms with Crippen molar-refractivity contribution >= 4 is 23.1 Å². The predicted octanol–water partition coefficient (Wildman–Crippen LogP) is 2.58. The minimum absolute atomic E-state index is 0.196. The topological polar surface area (TPSA) is 58.0 Å². The molecule has 1 aromatic carbocycles. The average molecular weight is 222 g/mol. The number of aromatic hydroxyl groups is 1. The first kappa shape index (κ1) is 9.73. The van der Waals surface area contributed by atoms with E-state index in [2.05, 4.69) is 15.5 Å². The first-order chi connectivity index (χ1) is 7.24. The molecule has 0 atom stereocenters. The monoisotopic (exact) mass is 221 g/mol. The van der Waals surface area contributed by atoms with E-state index in [1.165, 1.54) is 0 Å². The Hall–Kier alpha value is -1.81. The molecule has 0 spiro atoms. The predicted molar refractivity (Wildman–Crippen MR) is 58.4 cm³/mol. The van der Waals surface area contributed by atoms with Crippen molar-refractivity contribution in [1.29, 1.82) is 0 Å². The van der Waals surface area contributed by atoms with Crippen molar-refractivity contribution in [3.63, 3.8) is 0 Å². The number of benzene rings is 1. The van der Waals surface area contributed by atoms with E-state index in [0.717, 1.165) is 5.69 Å². The normalized spacial score (nSPS) is 9.93. The summed E-state index contributed by atoms with van der Waals surface area (Å²) in [6, 6.07) is 10.1. The summed E-state index contributed by atoms with van der Waals surface area (Å²) in [7, 11) is 0. The van der Waals surface area contributed by atoms with E-state index >= 15 is 0 Å². The molecular formula is C10H8ClN3O. The minimum atomic E-state index is 0.196. The molecule has 2 N–H and O–H groups in total. The Labute approximate surface area is 91.5 Å². The zero-order valence-corrected chi connectivity index (χ0v) is 8.44. The first-order valence-electron chi connectivity index (χ1n) is 4.29. The summed E-state index contributed by atoms with van der Waals surface area (Å²) in [6.45, 7) is 0. The second kappa shape index (κ2) is 4.14. The van der Waals surface area contributed by atoms with Crippen LogP contribution in [0.3, 0.4) is 0 Å². The Morgan fingerprint density at radius 1 is 1.13 bits per heavy atom. The number of hydrogen-bond donors (Lipinski definition) is 2. The number of nitrogens with zero attached hydrogens (tertiary/aromatic N) is 2. The van der Waals surface area contributed by atoms with Crippen molar-refractivity contribution < 1.29 is 5.11 Å². The largest absolute Gasteiger partial charge is 0.508 e. The van der Waals surface area contributed by atoms with Gasteiger partial charge in [0.25, 0.3) is 0 Å². The van der Waals surface area contributed by atoms with Gasteiger partial charge < -0.3 is 10.4 Å². The SMILES string of the molecule is Oc1cccc(Nc2ccc(Cl)nn2)c1. The molecule has 1 aromatic heterocycles. The molecule has 1 heterocycles. The molecule has 0 aliphatic heterocycles. The first-order valence-corrected chi connectivity index (χ1v) is 4.67. The fourth-order valence-corrected chi connectivity index (χ4v) is 1.22. The third-order valence-corrected chi connectivity index (χ3v) is 1.95. The molecule has 4 nitrogen and oxygen atoms in total. The summed E-state index contributed by atoms with van der Waals surface area (Å²) in [6.07, 6.45) is 0. The molecule has 2 aromatic rings. The standard InChI is InChI=1S/C10H8ClN3O/c11-9-4-5-10(14-13-9)12-7-2-1-3-8(15)6-7/h1-6,15H,(H,12,14). The quantitative estimate of drug-likeness (QED) is 0.819. The minimum Gasteiger partial charge on any atom is -0.508 e. The summed E-state index contributed by atoms with van der Waals surface area (Å²) in [5.41, 5.74) is 0.742. The molecular weight excluding hydrogens is 214 g/mol. The molecule has 0 unspecified atom stereocenters. The van der Waals surface area contributed by atoms with E-state index < -0.39 is 0 Å². The molecule has 2 rings (SSSR count). The van der Waals surface area contributed by atoms with Crippen molar-refractivity contribution in [2.24, 2.45) is 0 Å². The van der Waals surface area contributed by atoms with E-state index in [4.69, 9.17) is 11.6 Å². The van der Waals surface area contributed by atoms with Crippen LogP contribution in [0.1, 0.15) is 0 Å². The zero-order chi connectivity index (χ0) is 10.7. The molecule has 0 aliphatic rings. The van der Waals surface area contributed by atoms with Crippen LogP contribution in [-0.2, 0) is 0 Å². The Bertz CT molecular complexity index is 458. The van der Waals surface area contributed by atoms with Crippen LogP contribution in [0.25, 0.3) is 0 Å². The van der Waals surface area contributed by atoms with Gasteiger partial charge in [-0.2, -0.15) is 0 Å². The fraction of sp³-hybridized carbons (Fsp3) is 0. The smallest absolute Gasteiger partial charge is 0.153 e. The van der Waals surface area contributed by atoms with Gasteiger partial charge in [-0.3, -0.25) is 0 Å². The van der Waals surface area contributed by atoms with Gasteiger partial charge in [-0.1, -0.05) is 17.7 Å². The highest BCUT2D eigenvalue weighted by molar-refractivity contribution is 6.29. The molecule has 0 saturated heterocycles. The molecule has 0 amide bonds. The van der Waals surface area contributed by atoms with Crippen LogP contribution >= 0.6 is 11.6 Å². The Kier molecular flexibility index (Phi) is 2.69. The van der Waals surface area contributed by atoms with Gasteiger partial charge in [0.15, 0.2) is 11.0 Å². The van der Waals surface area contributed by atoms with Crippen LogP contribution in [0, 0.1) is 0 Å². The second-order valence-corrected chi connectivity index (χ2v) is 3.30. The van der Waals surface area contributed by atoms with Crippen molar-refractivity contribution in [3.05, 3.63) is 41.6 Å². The van der Waals surface area contributed by atoms with Crippen LogP contribution in [0.5, 0.6) is 5.75 Å². The number of phenolic OH excluding ortho intramolecular Hbond substituents is 1. The van der Waals surface area contributed by atoms with Gasteiger partial charge >= 0.3 is 0 Å². The lowest BCUT2D eigenvalue weighted by Crippen LogP contribution is -1.94. The van der Waals surface area contributed by atoms with E-state index in [0.29, 0.717) is 11.0 Å². The van der Waals surface area contributed by atoms with Gasteiger partial charge in [0, 0.05) is 11.8 Å². The van der Waals surface area contributed by atoms with Crippen molar-refractivity contribution in [1.82, 2.24) is 10.2 Å². The molecule has 5 heteroatoms. The number of nitrogens with one attached hydrogen (secondary N) is 1. The molecule has 15 heavy (non-hydrogen) atoms. The molecule has 0 fully saturated rings. The maximum Gasteiger partial charge on any atom is 0.153 e. The number of hydrogen-bond acceptors (Lipinski definition) is 4. The third kappa shape index (κ3) is 2.57. The van der Waals surface area contributed by atoms with Crippen molar-refractivity contribution in [2.45, 2.75) is 0 Å². The third-order valence-electron chi connectivity index (χ3n) is 1.75. The van der Waals surface area contributed by atoms with Crippen LogP contribution < -0.4 is 5.32 Å². The summed E-state index contributed by atoms with van der Waals surface area (Å²) < 4.78 is 0. The van der Waals surface area contributed by atoms with E-state index in [-0.39, 0.29) is 5.75 Å². The molecule has 76 valence electrons. The van der Waals surface area contributed by atoms with E-state index in [1.54, 1.807) is 30.3 Å². The van der Waals surface area contributed by atoms with Crippen LogP contribution in [-0.4, -0.2) is 15.3 Å². The maximum absolute atomic E-state index is 9.24. The van der Waals surface area contributed by atoms with Crippen molar-refractivity contribution in [3.8, 4) is 5.75 Å². The Morgan fingerprint density at radius 3 is 2.67 bits per heavy atom. The lowest BCUT2D eigenvalue weighted by Gasteiger charge is -2.04. The number of anilines is 2. The van der Waals surface area contributed by atoms with Crippen molar-refractivity contribution in [2.75, 3.05) is 5.32 Å². The Balaban J connectivity index is 2.18. The summed E-state index contributed by atoms with van der Waals surface area (Å²) in [4.78, 5) is 0. The van der Waals surface area contributed by atoms with E-state index in [1.807, 2.05) is 6.07 Å².